The fraction of sp³-hybridized carbons (Fsp3) is 0.350. The van der Waals surface area contributed by atoms with Crippen LogP contribution in [0.5, 0.6) is 0 Å². The lowest BCUT2D eigenvalue weighted by molar-refractivity contribution is -0.124. The van der Waals surface area contributed by atoms with E-state index in [0.29, 0.717) is 34.8 Å². The number of thiophene rings is 1. The first-order chi connectivity index (χ1) is 13.6. The number of nitrogens with one attached hydrogen (secondary N) is 3. The van der Waals surface area contributed by atoms with E-state index in [0.717, 1.165) is 19.3 Å². The van der Waals surface area contributed by atoms with Gasteiger partial charge in [-0.15, -0.1) is 11.3 Å². The van der Waals surface area contributed by atoms with Crippen LogP contribution in [0.1, 0.15) is 46.4 Å². The normalized spacial score (nSPS) is 18.5. The van der Waals surface area contributed by atoms with Crippen LogP contribution in [0.25, 0.3) is 0 Å². The second-order valence-corrected chi connectivity index (χ2v) is 7.85. The van der Waals surface area contributed by atoms with Gasteiger partial charge in [0.05, 0.1) is 5.56 Å². The molecule has 1 aliphatic carbocycles. The van der Waals surface area contributed by atoms with Gasteiger partial charge in [-0.2, -0.15) is 0 Å². The molecule has 146 valence electrons. The highest BCUT2D eigenvalue weighted by atomic mass is 32.1. The molecule has 1 aromatic heterocycles. The van der Waals surface area contributed by atoms with Gasteiger partial charge in [0.1, 0.15) is 11.1 Å². The van der Waals surface area contributed by atoms with Gasteiger partial charge >= 0.3 is 0 Å². The van der Waals surface area contributed by atoms with Crippen LogP contribution >= 0.6 is 11.3 Å². The van der Waals surface area contributed by atoms with Crippen LogP contribution in [0.4, 0.5) is 10.7 Å². The maximum absolute atomic E-state index is 12.6. The second kappa shape index (κ2) is 8.12. The molecular formula is C20H21N3O4S. The summed E-state index contributed by atoms with van der Waals surface area (Å²) in [5.74, 6) is -0.708. The number of anilines is 2. The number of carbonyl (C=O) groups excluding carboxylic acids is 3. The molecule has 1 saturated heterocycles. The molecule has 0 bridgehead atoms. The molecule has 7 nitrogen and oxygen atoms in total. The predicted octanol–water partition coefficient (Wildman–Crippen LogP) is 3.01. The molecule has 2 aromatic rings. The standard InChI is InChI=1S/C20H21N3O4S/c24-17(23-20-15(8-10-28-20)18(25)21-13-6-7-13)12-3-1-4-14(11-12)22-19(26)16-5-2-9-27-16/h1,3-4,8,10-11,13,16H,2,5-7,9H2,(H,21,25)(H,22,26)(H,23,24). The highest BCUT2D eigenvalue weighted by Gasteiger charge is 2.26. The molecular weight excluding hydrogens is 378 g/mol. The Labute approximate surface area is 166 Å². The summed E-state index contributed by atoms with van der Waals surface area (Å²) in [5, 5.41) is 10.8. The average Bonchev–Trinajstić information content (AvgIpc) is 3.15. The van der Waals surface area contributed by atoms with Gasteiger partial charge in [0.2, 0.25) is 0 Å². The lowest BCUT2D eigenvalue weighted by Gasteiger charge is -2.11. The van der Waals surface area contributed by atoms with Gasteiger partial charge in [0, 0.05) is 23.9 Å². The number of amides is 3. The van der Waals surface area contributed by atoms with Crippen LogP contribution < -0.4 is 16.0 Å². The van der Waals surface area contributed by atoms with Gasteiger partial charge in [-0.3, -0.25) is 14.4 Å². The predicted molar refractivity (Wildman–Crippen MR) is 107 cm³/mol. The Bertz CT molecular complexity index is 900. The van der Waals surface area contributed by atoms with Gasteiger partial charge < -0.3 is 20.7 Å². The number of benzene rings is 1. The Hall–Kier alpha value is -2.71. The summed E-state index contributed by atoms with van der Waals surface area (Å²) in [5.41, 5.74) is 1.39. The summed E-state index contributed by atoms with van der Waals surface area (Å²) in [6, 6.07) is 8.66. The highest BCUT2D eigenvalue weighted by Crippen LogP contribution is 2.26. The molecule has 1 aliphatic heterocycles. The maximum Gasteiger partial charge on any atom is 0.256 e. The Morgan fingerprint density at radius 2 is 1.89 bits per heavy atom. The Balaban J connectivity index is 1.42. The molecule has 0 spiro atoms. The van der Waals surface area contributed by atoms with Gasteiger partial charge in [0.25, 0.3) is 17.7 Å². The van der Waals surface area contributed by atoms with Crippen LogP contribution in [0.3, 0.4) is 0 Å². The fourth-order valence-corrected chi connectivity index (χ4v) is 3.78. The molecule has 4 rings (SSSR count). The third-order valence-corrected chi connectivity index (χ3v) is 5.49. The quantitative estimate of drug-likeness (QED) is 0.696. The number of ether oxygens (including phenoxy) is 1. The Morgan fingerprint density at radius 3 is 2.64 bits per heavy atom. The third kappa shape index (κ3) is 4.40. The molecule has 2 heterocycles. The maximum atomic E-state index is 12.6. The third-order valence-electron chi connectivity index (χ3n) is 4.66. The molecule has 0 radical (unpaired) electrons. The van der Waals surface area contributed by atoms with Gasteiger partial charge in [-0.25, -0.2) is 0 Å². The number of hydrogen-bond acceptors (Lipinski definition) is 5. The minimum absolute atomic E-state index is 0.170. The Kier molecular flexibility index (Phi) is 5.40. The van der Waals surface area contributed by atoms with E-state index in [1.54, 1.807) is 35.7 Å². The molecule has 1 unspecified atom stereocenters. The van der Waals surface area contributed by atoms with E-state index in [-0.39, 0.29) is 23.8 Å². The SMILES string of the molecule is O=C(Nc1sccc1C(=O)NC1CC1)c1cccc(NC(=O)C2CCCO2)c1. The van der Waals surface area contributed by atoms with Gasteiger partial charge in [-0.05, 0) is 55.3 Å². The molecule has 8 heteroatoms. The summed E-state index contributed by atoms with van der Waals surface area (Å²) >= 11 is 1.30. The van der Waals surface area contributed by atoms with Crippen LogP contribution in [0.15, 0.2) is 35.7 Å². The zero-order valence-corrected chi connectivity index (χ0v) is 16.0. The van der Waals surface area contributed by atoms with Crippen molar-refractivity contribution in [1.29, 1.82) is 0 Å². The lowest BCUT2D eigenvalue weighted by Crippen LogP contribution is -2.27. The van der Waals surface area contributed by atoms with Crippen LogP contribution in [-0.2, 0) is 9.53 Å². The Morgan fingerprint density at radius 1 is 1.04 bits per heavy atom. The van der Waals surface area contributed by atoms with Crippen molar-refractivity contribution in [3.63, 3.8) is 0 Å². The van der Waals surface area contributed by atoms with Crippen LogP contribution in [-0.4, -0.2) is 36.5 Å². The van der Waals surface area contributed by atoms with Crippen LogP contribution in [0.2, 0.25) is 0 Å². The monoisotopic (exact) mass is 399 g/mol. The first kappa shape index (κ1) is 18.6. The van der Waals surface area contributed by atoms with Crippen molar-refractivity contribution in [2.75, 3.05) is 17.2 Å². The molecule has 28 heavy (non-hydrogen) atoms. The van der Waals surface area contributed by atoms with Crippen molar-refractivity contribution in [1.82, 2.24) is 5.32 Å². The number of rotatable bonds is 6. The van der Waals surface area contributed by atoms with E-state index in [2.05, 4.69) is 16.0 Å². The zero-order chi connectivity index (χ0) is 19.5. The summed E-state index contributed by atoms with van der Waals surface area (Å²) in [4.78, 5) is 37.1. The fourth-order valence-electron chi connectivity index (χ4n) is 3.00. The summed E-state index contributed by atoms with van der Waals surface area (Å²) < 4.78 is 5.37. The van der Waals surface area contributed by atoms with E-state index in [4.69, 9.17) is 4.74 Å². The van der Waals surface area contributed by atoms with E-state index in [1.807, 2.05) is 0 Å². The van der Waals surface area contributed by atoms with Crippen molar-refractivity contribution >= 4 is 39.7 Å². The molecule has 1 aromatic carbocycles. The van der Waals surface area contributed by atoms with Crippen molar-refractivity contribution < 1.29 is 19.1 Å². The highest BCUT2D eigenvalue weighted by molar-refractivity contribution is 7.14. The molecule has 3 amide bonds. The first-order valence-corrected chi connectivity index (χ1v) is 10.2. The lowest BCUT2D eigenvalue weighted by atomic mass is 10.1. The van der Waals surface area contributed by atoms with E-state index < -0.39 is 6.10 Å². The zero-order valence-electron chi connectivity index (χ0n) is 15.2. The van der Waals surface area contributed by atoms with Gasteiger partial charge in [-0.1, -0.05) is 6.07 Å². The van der Waals surface area contributed by atoms with E-state index >= 15 is 0 Å². The first-order valence-electron chi connectivity index (χ1n) is 9.32. The summed E-state index contributed by atoms with van der Waals surface area (Å²) in [6.07, 6.45) is 3.15. The molecule has 2 aliphatic rings. The molecule has 1 saturated carbocycles. The van der Waals surface area contributed by atoms with E-state index in [1.165, 1.54) is 11.3 Å². The summed E-state index contributed by atoms with van der Waals surface area (Å²) in [6.45, 7) is 0.595. The van der Waals surface area contributed by atoms with Crippen molar-refractivity contribution in [2.24, 2.45) is 0 Å². The van der Waals surface area contributed by atoms with Crippen molar-refractivity contribution in [2.45, 2.75) is 37.8 Å². The van der Waals surface area contributed by atoms with Gasteiger partial charge in [0.15, 0.2) is 0 Å². The number of carbonyl (C=O) groups is 3. The molecule has 3 N–H and O–H groups in total. The van der Waals surface area contributed by atoms with Crippen molar-refractivity contribution in [3.05, 3.63) is 46.8 Å². The minimum Gasteiger partial charge on any atom is -0.368 e. The minimum atomic E-state index is -0.434. The smallest absolute Gasteiger partial charge is 0.256 e. The summed E-state index contributed by atoms with van der Waals surface area (Å²) in [7, 11) is 0. The van der Waals surface area contributed by atoms with Crippen LogP contribution in [0, 0.1) is 0 Å². The molecule has 1 atom stereocenters. The second-order valence-electron chi connectivity index (χ2n) is 6.94. The number of hydrogen-bond donors (Lipinski definition) is 3. The van der Waals surface area contributed by atoms with E-state index in [9.17, 15) is 14.4 Å². The topological polar surface area (TPSA) is 96.5 Å². The molecule has 2 fully saturated rings. The largest absolute Gasteiger partial charge is 0.368 e. The average molecular weight is 399 g/mol. The van der Waals surface area contributed by atoms with Crippen molar-refractivity contribution in [3.8, 4) is 0 Å².